The van der Waals surface area contributed by atoms with Gasteiger partial charge in [0.15, 0.2) is 0 Å². The third-order valence-electron chi connectivity index (χ3n) is 4.78. The van der Waals surface area contributed by atoms with Crippen LogP contribution >= 0.6 is 7.92 Å². The van der Waals surface area contributed by atoms with E-state index in [0.717, 1.165) is 17.1 Å². The van der Waals surface area contributed by atoms with Gasteiger partial charge in [0.1, 0.15) is 0 Å². The average Bonchev–Trinajstić information content (AvgIpc) is 3.22. The molecule has 0 radical (unpaired) electrons. The van der Waals surface area contributed by atoms with Crippen molar-refractivity contribution >= 4 is 18.5 Å². The highest BCUT2D eigenvalue weighted by Crippen LogP contribution is 2.53. The Bertz CT molecular complexity index is 953. The first kappa shape index (κ1) is 17.7. The molecule has 0 aliphatic carbocycles. The lowest BCUT2D eigenvalue weighted by Crippen LogP contribution is -2.28. The Balaban J connectivity index is 1.79. The lowest BCUT2D eigenvalue weighted by molar-refractivity contribution is 0.741. The van der Waals surface area contributed by atoms with Gasteiger partial charge in [-0.3, -0.25) is 4.98 Å². The molecule has 27 heavy (non-hydrogen) atoms. The summed E-state index contributed by atoms with van der Waals surface area (Å²) in [5.41, 5.74) is 2.97. The molecule has 4 rings (SSSR count). The van der Waals surface area contributed by atoms with E-state index in [4.69, 9.17) is 4.98 Å². The maximum absolute atomic E-state index is 4.98. The molecule has 0 atom stereocenters. The van der Waals surface area contributed by atoms with Crippen molar-refractivity contribution in [2.75, 3.05) is 0 Å². The van der Waals surface area contributed by atoms with E-state index in [-0.39, 0.29) is 5.16 Å². The number of hydrogen-bond acceptors (Lipinski definition) is 1. The van der Waals surface area contributed by atoms with Crippen LogP contribution in [0.3, 0.4) is 0 Å². The van der Waals surface area contributed by atoms with Gasteiger partial charge in [-0.05, 0) is 35.8 Å². The first-order valence-electron chi connectivity index (χ1n) is 9.12. The predicted molar refractivity (Wildman–Crippen MR) is 115 cm³/mol. The standard InChI is InChI=1S/C24H22N2P/c1-24(2,23-17-16-22(26-23)21-15-9-10-18-25-21)27(19-11-5-3-6-12-19)20-13-7-4-8-14-20/h3-18H,1-2H3/q-1. The number of nitrogens with zero attached hydrogens (tertiary/aromatic N) is 2. The molecule has 0 aliphatic rings. The second-order valence-corrected chi connectivity index (χ2v) is 9.82. The smallest absolute Gasteiger partial charge is 0.0483 e. The van der Waals surface area contributed by atoms with Gasteiger partial charge >= 0.3 is 0 Å². The van der Waals surface area contributed by atoms with Crippen molar-refractivity contribution < 1.29 is 0 Å². The summed E-state index contributed by atoms with van der Waals surface area (Å²) in [6.07, 6.45) is 1.82. The van der Waals surface area contributed by atoms with Crippen LogP contribution in [0.15, 0.2) is 97.2 Å². The molecule has 0 bridgehead atoms. The van der Waals surface area contributed by atoms with Gasteiger partial charge in [0.05, 0.1) is 0 Å². The van der Waals surface area contributed by atoms with Gasteiger partial charge in [-0.2, -0.15) is 0 Å². The van der Waals surface area contributed by atoms with Gasteiger partial charge < -0.3 is 4.98 Å². The van der Waals surface area contributed by atoms with E-state index in [1.54, 1.807) is 0 Å². The minimum atomic E-state index is -0.609. The van der Waals surface area contributed by atoms with Crippen LogP contribution in [0.25, 0.3) is 11.4 Å². The van der Waals surface area contributed by atoms with Crippen LogP contribution in [0.2, 0.25) is 0 Å². The second kappa shape index (κ2) is 7.50. The molecule has 3 heteroatoms. The third kappa shape index (κ3) is 3.59. The summed E-state index contributed by atoms with van der Waals surface area (Å²) in [5.74, 6) is 0. The van der Waals surface area contributed by atoms with Crippen LogP contribution in [0, 0.1) is 0 Å². The topological polar surface area (TPSA) is 27.0 Å². The minimum absolute atomic E-state index is 0.106. The zero-order valence-electron chi connectivity index (χ0n) is 15.6. The average molecular weight is 369 g/mol. The van der Waals surface area contributed by atoms with Crippen molar-refractivity contribution in [3.05, 3.63) is 103 Å². The second-order valence-electron chi connectivity index (χ2n) is 7.00. The van der Waals surface area contributed by atoms with Crippen molar-refractivity contribution in [3.8, 4) is 11.4 Å². The summed E-state index contributed by atoms with van der Waals surface area (Å²) >= 11 is 0. The highest BCUT2D eigenvalue weighted by Gasteiger charge is 2.31. The predicted octanol–water partition coefficient (Wildman–Crippen LogP) is 5.07. The molecule has 2 nitrogen and oxygen atoms in total. The molecule has 2 aromatic carbocycles. The first-order valence-corrected chi connectivity index (χ1v) is 10.5. The molecule has 134 valence electrons. The fraction of sp³-hybridized carbons (Fsp3) is 0.125. The molecule has 0 amide bonds. The Morgan fingerprint density at radius 1 is 0.704 bits per heavy atom. The fourth-order valence-corrected chi connectivity index (χ4v) is 6.31. The zero-order valence-corrected chi connectivity index (χ0v) is 16.5. The van der Waals surface area contributed by atoms with E-state index in [1.165, 1.54) is 10.6 Å². The van der Waals surface area contributed by atoms with Gasteiger partial charge in [0.2, 0.25) is 0 Å². The summed E-state index contributed by atoms with van der Waals surface area (Å²) < 4.78 is 0. The van der Waals surface area contributed by atoms with Crippen LogP contribution in [0.1, 0.15) is 19.5 Å². The van der Waals surface area contributed by atoms with E-state index >= 15 is 0 Å². The number of aromatic nitrogens is 2. The molecule has 0 N–H and O–H groups in total. The number of hydrogen-bond donors (Lipinski definition) is 0. The SMILES string of the molecule is CC(C)(c1ccc(-c2ccccn2)[n-]1)P(c1ccccc1)c1ccccc1. The molecule has 0 unspecified atom stereocenters. The molecule has 4 aromatic rings. The molecular formula is C24H22N2P-. The van der Waals surface area contributed by atoms with Crippen molar-refractivity contribution in [2.24, 2.45) is 0 Å². The van der Waals surface area contributed by atoms with E-state index in [2.05, 4.69) is 91.6 Å². The van der Waals surface area contributed by atoms with Crippen LogP contribution in [0.4, 0.5) is 0 Å². The van der Waals surface area contributed by atoms with Crippen molar-refractivity contribution in [1.29, 1.82) is 0 Å². The van der Waals surface area contributed by atoms with Gasteiger partial charge in [0, 0.05) is 11.9 Å². The van der Waals surface area contributed by atoms with Gasteiger partial charge in [-0.25, -0.2) is 0 Å². The summed E-state index contributed by atoms with van der Waals surface area (Å²) in [6, 6.07) is 31.8. The Morgan fingerprint density at radius 3 is 1.85 bits per heavy atom. The van der Waals surface area contributed by atoms with Crippen LogP contribution in [0.5, 0.6) is 0 Å². The van der Waals surface area contributed by atoms with Crippen molar-refractivity contribution in [3.63, 3.8) is 0 Å². The van der Waals surface area contributed by atoms with E-state index in [9.17, 15) is 0 Å². The van der Waals surface area contributed by atoms with E-state index < -0.39 is 7.92 Å². The third-order valence-corrected chi connectivity index (χ3v) is 7.76. The van der Waals surface area contributed by atoms with Crippen molar-refractivity contribution in [2.45, 2.75) is 19.0 Å². The molecule has 2 aromatic heterocycles. The monoisotopic (exact) mass is 369 g/mol. The highest BCUT2D eigenvalue weighted by molar-refractivity contribution is 7.74. The molecule has 0 saturated carbocycles. The van der Waals surface area contributed by atoms with E-state index in [1.807, 2.05) is 24.4 Å². The number of rotatable bonds is 5. The van der Waals surface area contributed by atoms with Crippen molar-refractivity contribution in [1.82, 2.24) is 9.97 Å². The largest absolute Gasteiger partial charge is 0.659 e. The van der Waals surface area contributed by atoms with Gasteiger partial charge in [-0.1, -0.05) is 92.7 Å². The molecular weight excluding hydrogens is 347 g/mol. The Morgan fingerprint density at radius 2 is 1.30 bits per heavy atom. The minimum Gasteiger partial charge on any atom is -0.659 e. The lowest BCUT2D eigenvalue weighted by Gasteiger charge is -2.39. The van der Waals surface area contributed by atoms with Gasteiger partial charge in [0.25, 0.3) is 0 Å². The summed E-state index contributed by atoms with van der Waals surface area (Å²) in [6.45, 7) is 4.62. The Hall–Kier alpha value is -2.70. The Kier molecular flexibility index (Phi) is 4.92. The molecule has 0 aliphatic heterocycles. The summed E-state index contributed by atoms with van der Waals surface area (Å²) in [7, 11) is -0.609. The quantitative estimate of drug-likeness (QED) is 0.459. The molecule has 0 spiro atoms. The molecule has 0 saturated heterocycles. The number of pyridine rings is 1. The van der Waals surface area contributed by atoms with Crippen LogP contribution in [-0.2, 0) is 5.16 Å². The zero-order chi connectivity index (χ0) is 18.7. The van der Waals surface area contributed by atoms with E-state index in [0.29, 0.717) is 0 Å². The Labute approximate surface area is 162 Å². The van der Waals surface area contributed by atoms with Crippen LogP contribution < -0.4 is 15.6 Å². The lowest BCUT2D eigenvalue weighted by atomic mass is 10.1. The first-order chi connectivity index (χ1) is 13.2. The molecule has 2 heterocycles. The maximum Gasteiger partial charge on any atom is 0.0483 e. The summed E-state index contributed by atoms with van der Waals surface area (Å²) in [4.78, 5) is 9.43. The fourth-order valence-electron chi connectivity index (χ4n) is 3.42. The van der Waals surface area contributed by atoms with Gasteiger partial charge in [-0.15, -0.1) is 11.4 Å². The normalized spacial score (nSPS) is 11.7. The number of benzene rings is 2. The van der Waals surface area contributed by atoms with Crippen LogP contribution in [-0.4, -0.2) is 4.98 Å². The highest BCUT2D eigenvalue weighted by atomic mass is 31.1. The summed E-state index contributed by atoms with van der Waals surface area (Å²) in [5, 5.41) is 2.63. The maximum atomic E-state index is 4.98. The molecule has 0 fully saturated rings.